The van der Waals surface area contributed by atoms with Gasteiger partial charge in [0.2, 0.25) is 5.91 Å². The lowest BCUT2D eigenvalue weighted by molar-refractivity contribution is 0.0999. The van der Waals surface area contributed by atoms with Gasteiger partial charge in [-0.1, -0.05) is 35.3 Å². The highest BCUT2D eigenvalue weighted by atomic mass is 35.5. The quantitative estimate of drug-likeness (QED) is 0.866. The van der Waals surface area contributed by atoms with Gasteiger partial charge in [-0.15, -0.1) is 0 Å². The van der Waals surface area contributed by atoms with Gasteiger partial charge in [-0.25, -0.2) is 4.79 Å². The molecule has 0 atom stereocenters. The molecule has 120 valence electrons. The molecule has 2 aromatic carbocycles. The zero-order valence-corrected chi connectivity index (χ0v) is 13.7. The number of benzene rings is 2. The number of hydrogen-bond donors (Lipinski definition) is 2. The minimum Gasteiger partial charge on any atom is -0.444 e. The standard InChI is InChI=1S/C16H14Cl2N2O3/c1-9-10(15(19)21)4-2-7-14(9)20-16(22)23-8-11-12(17)5-3-6-13(11)18/h2-7H,8H2,1H3,(H2,19,21)(H,20,22). The van der Waals surface area contributed by atoms with Crippen LogP contribution in [0.2, 0.25) is 10.0 Å². The van der Waals surface area contributed by atoms with Gasteiger partial charge in [0.15, 0.2) is 0 Å². The number of anilines is 1. The Morgan fingerprint density at radius 3 is 2.35 bits per heavy atom. The van der Waals surface area contributed by atoms with Crippen molar-refractivity contribution in [1.29, 1.82) is 0 Å². The first-order valence-electron chi connectivity index (χ1n) is 6.66. The second-order valence-electron chi connectivity index (χ2n) is 4.74. The van der Waals surface area contributed by atoms with Crippen LogP contribution in [0.4, 0.5) is 10.5 Å². The van der Waals surface area contributed by atoms with E-state index in [1.54, 1.807) is 43.3 Å². The molecule has 0 aliphatic heterocycles. The molecule has 7 heteroatoms. The van der Waals surface area contributed by atoms with Gasteiger partial charge in [0.1, 0.15) is 6.61 Å². The normalized spacial score (nSPS) is 10.2. The summed E-state index contributed by atoms with van der Waals surface area (Å²) >= 11 is 12.0. The zero-order valence-electron chi connectivity index (χ0n) is 12.2. The fourth-order valence-electron chi connectivity index (χ4n) is 1.99. The molecule has 2 amide bonds. The highest BCUT2D eigenvalue weighted by molar-refractivity contribution is 6.35. The van der Waals surface area contributed by atoms with E-state index < -0.39 is 12.0 Å². The van der Waals surface area contributed by atoms with Crippen LogP contribution in [-0.2, 0) is 11.3 Å². The molecule has 2 aromatic rings. The Morgan fingerprint density at radius 2 is 1.74 bits per heavy atom. The van der Waals surface area contributed by atoms with Gasteiger partial charge in [0, 0.05) is 26.9 Å². The number of amides is 2. The fourth-order valence-corrected chi connectivity index (χ4v) is 2.50. The van der Waals surface area contributed by atoms with Crippen LogP contribution < -0.4 is 11.1 Å². The average molecular weight is 353 g/mol. The number of carbonyl (C=O) groups excluding carboxylic acids is 2. The lowest BCUT2D eigenvalue weighted by Gasteiger charge is -2.12. The molecule has 0 saturated heterocycles. The second kappa shape index (κ2) is 7.35. The summed E-state index contributed by atoms with van der Waals surface area (Å²) in [7, 11) is 0. The Morgan fingerprint density at radius 1 is 1.13 bits per heavy atom. The highest BCUT2D eigenvalue weighted by Crippen LogP contribution is 2.25. The molecule has 5 nitrogen and oxygen atoms in total. The van der Waals surface area contributed by atoms with Crippen LogP contribution in [0.25, 0.3) is 0 Å². The summed E-state index contributed by atoms with van der Waals surface area (Å²) in [6.45, 7) is 1.61. The average Bonchev–Trinajstić information content (AvgIpc) is 2.48. The molecule has 0 aromatic heterocycles. The minimum atomic E-state index is -0.689. The third-order valence-corrected chi connectivity index (χ3v) is 3.95. The summed E-state index contributed by atoms with van der Waals surface area (Å²) in [6.07, 6.45) is -0.689. The number of primary amides is 1. The lowest BCUT2D eigenvalue weighted by atomic mass is 10.1. The maximum Gasteiger partial charge on any atom is 0.411 e. The van der Waals surface area contributed by atoms with Crippen LogP contribution in [0.3, 0.4) is 0 Å². The predicted molar refractivity (Wildman–Crippen MR) is 90.0 cm³/mol. The number of halogens is 2. The molecule has 0 unspecified atom stereocenters. The molecule has 0 saturated carbocycles. The Bertz CT molecular complexity index is 743. The maximum absolute atomic E-state index is 11.9. The van der Waals surface area contributed by atoms with E-state index in [2.05, 4.69) is 5.32 Å². The fraction of sp³-hybridized carbons (Fsp3) is 0.125. The number of rotatable bonds is 4. The molecule has 0 radical (unpaired) electrons. The van der Waals surface area contributed by atoms with E-state index in [-0.39, 0.29) is 6.61 Å². The van der Waals surface area contributed by atoms with Crippen molar-refractivity contribution >= 4 is 40.9 Å². The zero-order chi connectivity index (χ0) is 17.0. The first-order valence-corrected chi connectivity index (χ1v) is 7.42. The Kier molecular flexibility index (Phi) is 5.47. The van der Waals surface area contributed by atoms with E-state index in [0.29, 0.717) is 32.4 Å². The van der Waals surface area contributed by atoms with Crippen molar-refractivity contribution in [3.8, 4) is 0 Å². The van der Waals surface area contributed by atoms with Gasteiger partial charge in [-0.05, 0) is 36.8 Å². The first kappa shape index (κ1) is 17.1. The number of ether oxygens (including phenoxy) is 1. The van der Waals surface area contributed by atoms with Crippen LogP contribution in [-0.4, -0.2) is 12.0 Å². The molecule has 2 rings (SSSR count). The molecule has 0 aliphatic carbocycles. The molecule has 0 bridgehead atoms. The Hall–Kier alpha value is -2.24. The largest absolute Gasteiger partial charge is 0.444 e. The molecule has 0 spiro atoms. The van der Waals surface area contributed by atoms with Crippen molar-refractivity contribution < 1.29 is 14.3 Å². The van der Waals surface area contributed by atoms with Crippen LogP contribution >= 0.6 is 23.2 Å². The number of hydrogen-bond acceptors (Lipinski definition) is 3. The van der Waals surface area contributed by atoms with Crippen molar-refractivity contribution in [2.75, 3.05) is 5.32 Å². The van der Waals surface area contributed by atoms with E-state index in [1.807, 2.05) is 0 Å². The molecular formula is C16H14Cl2N2O3. The monoisotopic (exact) mass is 352 g/mol. The molecule has 0 fully saturated rings. The summed E-state index contributed by atoms with van der Waals surface area (Å²) in [5, 5.41) is 3.39. The number of nitrogens with two attached hydrogens (primary N) is 1. The Balaban J connectivity index is 2.06. The van der Waals surface area contributed by atoms with Gasteiger partial charge in [-0.3, -0.25) is 10.1 Å². The SMILES string of the molecule is Cc1c(NC(=O)OCc2c(Cl)cccc2Cl)cccc1C(N)=O. The Labute approximate surface area is 143 Å². The van der Waals surface area contributed by atoms with Gasteiger partial charge >= 0.3 is 6.09 Å². The van der Waals surface area contributed by atoms with Crippen LogP contribution in [0, 0.1) is 6.92 Å². The predicted octanol–water partition coefficient (Wildman–Crippen LogP) is 4.15. The maximum atomic E-state index is 11.9. The van der Waals surface area contributed by atoms with Gasteiger partial charge in [0.25, 0.3) is 0 Å². The third kappa shape index (κ3) is 4.15. The third-order valence-electron chi connectivity index (χ3n) is 3.25. The highest BCUT2D eigenvalue weighted by Gasteiger charge is 2.13. The van der Waals surface area contributed by atoms with Gasteiger partial charge in [0.05, 0.1) is 0 Å². The van der Waals surface area contributed by atoms with Crippen molar-refractivity contribution in [3.05, 3.63) is 63.1 Å². The summed E-state index contributed by atoms with van der Waals surface area (Å²) in [5.74, 6) is -0.567. The van der Waals surface area contributed by atoms with E-state index in [9.17, 15) is 9.59 Å². The number of nitrogens with one attached hydrogen (secondary N) is 1. The van der Waals surface area contributed by atoms with Crippen LogP contribution in [0.1, 0.15) is 21.5 Å². The molecule has 0 aliphatic rings. The van der Waals surface area contributed by atoms with E-state index >= 15 is 0 Å². The molecule has 23 heavy (non-hydrogen) atoms. The summed E-state index contributed by atoms with van der Waals surface area (Å²) < 4.78 is 5.11. The van der Waals surface area contributed by atoms with Crippen molar-refractivity contribution in [2.24, 2.45) is 5.73 Å². The van der Waals surface area contributed by atoms with Crippen LogP contribution in [0.5, 0.6) is 0 Å². The topological polar surface area (TPSA) is 81.4 Å². The molecule has 3 N–H and O–H groups in total. The first-order chi connectivity index (χ1) is 10.9. The molecular weight excluding hydrogens is 339 g/mol. The van der Waals surface area contributed by atoms with Gasteiger partial charge < -0.3 is 10.5 Å². The van der Waals surface area contributed by atoms with E-state index in [4.69, 9.17) is 33.7 Å². The second-order valence-corrected chi connectivity index (χ2v) is 5.56. The summed E-state index contributed by atoms with van der Waals surface area (Å²) in [5.41, 5.74) is 7.13. The molecule has 0 heterocycles. The van der Waals surface area contributed by atoms with Crippen LogP contribution in [0.15, 0.2) is 36.4 Å². The summed E-state index contributed by atoms with van der Waals surface area (Å²) in [4.78, 5) is 23.2. The van der Waals surface area contributed by atoms with Crippen molar-refractivity contribution in [2.45, 2.75) is 13.5 Å². The van der Waals surface area contributed by atoms with E-state index in [0.717, 1.165) is 0 Å². The van der Waals surface area contributed by atoms with Crippen molar-refractivity contribution in [3.63, 3.8) is 0 Å². The number of carbonyl (C=O) groups is 2. The smallest absolute Gasteiger partial charge is 0.411 e. The van der Waals surface area contributed by atoms with Crippen molar-refractivity contribution in [1.82, 2.24) is 0 Å². The van der Waals surface area contributed by atoms with Gasteiger partial charge in [-0.2, -0.15) is 0 Å². The van der Waals surface area contributed by atoms with E-state index in [1.165, 1.54) is 0 Å². The summed E-state index contributed by atoms with van der Waals surface area (Å²) in [6, 6.07) is 9.86. The minimum absolute atomic E-state index is 0.0705. The lowest BCUT2D eigenvalue weighted by Crippen LogP contribution is -2.17.